The van der Waals surface area contributed by atoms with E-state index in [1.165, 1.54) is 0 Å². The Labute approximate surface area is 163 Å². The quantitative estimate of drug-likeness (QED) is 0.270. The average molecular weight is 396 g/mol. The van der Waals surface area contributed by atoms with Gasteiger partial charge in [0, 0.05) is 35.8 Å². The van der Waals surface area contributed by atoms with Gasteiger partial charge in [-0.3, -0.25) is 15.8 Å². The Morgan fingerprint density at radius 1 is 1.11 bits per heavy atom. The van der Waals surface area contributed by atoms with Crippen LogP contribution in [0.25, 0.3) is 11.3 Å². The molecule has 3 aromatic rings. The molecule has 4 N–H and O–H groups in total. The van der Waals surface area contributed by atoms with E-state index in [2.05, 4.69) is 35.5 Å². The molecule has 0 radical (unpaired) electrons. The summed E-state index contributed by atoms with van der Waals surface area (Å²) >= 11 is 0. The maximum Gasteiger partial charge on any atom is 0.225 e. The smallest absolute Gasteiger partial charge is 0.225 e. The molecule has 1 aliphatic carbocycles. The lowest BCUT2D eigenvalue weighted by Crippen LogP contribution is -2.13. The van der Waals surface area contributed by atoms with E-state index < -0.39 is 10.9 Å². The molecule has 0 amide bonds. The topological polar surface area (TPSA) is 124 Å². The number of rotatable bonds is 7. The van der Waals surface area contributed by atoms with Crippen LogP contribution in [0.5, 0.6) is 0 Å². The Balaban J connectivity index is 1.53. The van der Waals surface area contributed by atoms with Crippen molar-refractivity contribution in [2.24, 2.45) is 4.36 Å². The summed E-state index contributed by atoms with van der Waals surface area (Å²) in [5, 5.41) is 3.31. The third-order valence-corrected chi connectivity index (χ3v) is 4.35. The highest BCUT2D eigenvalue weighted by atomic mass is 32.2. The summed E-state index contributed by atoms with van der Waals surface area (Å²) in [6.45, 7) is 0. The van der Waals surface area contributed by atoms with Gasteiger partial charge in [0.1, 0.15) is 0 Å². The molecule has 1 aromatic carbocycles. The van der Waals surface area contributed by atoms with Crippen LogP contribution in [0.15, 0.2) is 59.2 Å². The third kappa shape index (κ3) is 4.93. The van der Waals surface area contributed by atoms with Crippen molar-refractivity contribution in [3.05, 3.63) is 54.9 Å². The minimum Gasteiger partial charge on any atom is -0.454 e. The third-order valence-electron chi connectivity index (χ3n) is 3.98. The van der Waals surface area contributed by atoms with Crippen molar-refractivity contribution in [2.75, 3.05) is 16.2 Å². The number of hydrazine groups is 1. The molecule has 0 bridgehead atoms. The number of aromatic nitrogens is 3. The van der Waals surface area contributed by atoms with Crippen LogP contribution >= 0.6 is 0 Å². The van der Waals surface area contributed by atoms with Crippen molar-refractivity contribution >= 4 is 34.0 Å². The first-order valence-corrected chi connectivity index (χ1v) is 9.73. The molecule has 0 unspecified atom stereocenters. The first kappa shape index (κ1) is 18.1. The molecule has 144 valence electrons. The number of nitrogens with one attached hydrogen (secondary N) is 3. The summed E-state index contributed by atoms with van der Waals surface area (Å²) < 4.78 is 23.1. The van der Waals surface area contributed by atoms with Crippen LogP contribution in [-0.2, 0) is 15.1 Å². The maximum atomic E-state index is 10.7. The predicted molar refractivity (Wildman–Crippen MR) is 108 cm³/mol. The van der Waals surface area contributed by atoms with Crippen molar-refractivity contribution in [1.29, 1.82) is 0 Å². The molecule has 0 atom stereocenters. The van der Waals surface area contributed by atoms with Gasteiger partial charge in [-0.25, -0.2) is 4.98 Å². The largest absolute Gasteiger partial charge is 0.454 e. The molecular formula is C18H18N7O2S-. The van der Waals surface area contributed by atoms with E-state index >= 15 is 0 Å². The van der Waals surface area contributed by atoms with Gasteiger partial charge in [-0.15, -0.1) is 0 Å². The summed E-state index contributed by atoms with van der Waals surface area (Å²) in [4.78, 5) is 13.2. The van der Waals surface area contributed by atoms with Gasteiger partial charge >= 0.3 is 0 Å². The van der Waals surface area contributed by atoms with E-state index in [4.69, 9.17) is 4.55 Å². The van der Waals surface area contributed by atoms with Gasteiger partial charge in [0.25, 0.3) is 0 Å². The van der Waals surface area contributed by atoms with Crippen LogP contribution in [0, 0.1) is 0 Å². The van der Waals surface area contributed by atoms with Crippen molar-refractivity contribution in [2.45, 2.75) is 18.9 Å². The van der Waals surface area contributed by atoms with Crippen LogP contribution in [0.1, 0.15) is 12.8 Å². The highest BCUT2D eigenvalue weighted by Crippen LogP contribution is 2.26. The minimum absolute atomic E-state index is 0.420. The van der Waals surface area contributed by atoms with Gasteiger partial charge in [0.2, 0.25) is 5.95 Å². The van der Waals surface area contributed by atoms with E-state index in [0.29, 0.717) is 23.5 Å². The Kier molecular flexibility index (Phi) is 5.31. The van der Waals surface area contributed by atoms with Gasteiger partial charge in [-0.2, -0.15) is 4.98 Å². The molecular weight excluding hydrogens is 378 g/mol. The lowest BCUT2D eigenvalue weighted by atomic mass is 10.2. The van der Waals surface area contributed by atoms with Gasteiger partial charge in [0.15, 0.2) is 5.82 Å². The zero-order chi connectivity index (χ0) is 19.3. The van der Waals surface area contributed by atoms with E-state index in [1.54, 1.807) is 36.7 Å². The Hall–Kier alpha value is -3.24. The number of hydrogen-bond acceptors (Lipinski definition) is 9. The summed E-state index contributed by atoms with van der Waals surface area (Å²) in [6.07, 6.45) is 5.72. The second kappa shape index (κ2) is 8.19. The van der Waals surface area contributed by atoms with Crippen LogP contribution in [0.2, 0.25) is 0 Å². The Bertz CT molecular complexity index is 1030. The highest BCUT2D eigenvalue weighted by molar-refractivity contribution is 7.68. The fourth-order valence-corrected chi connectivity index (χ4v) is 2.78. The number of benzene rings is 1. The monoisotopic (exact) mass is 396 g/mol. The summed E-state index contributed by atoms with van der Waals surface area (Å²) in [6, 6.07) is 12.8. The lowest BCUT2D eigenvalue weighted by molar-refractivity contribution is 0.529. The molecule has 1 saturated carbocycles. The second-order valence-corrected chi connectivity index (χ2v) is 6.89. The van der Waals surface area contributed by atoms with Crippen LogP contribution < -0.4 is 16.2 Å². The van der Waals surface area contributed by atoms with Crippen molar-refractivity contribution in [3.63, 3.8) is 0 Å². The normalized spacial score (nSPS) is 14.5. The van der Waals surface area contributed by atoms with E-state index in [0.717, 1.165) is 29.8 Å². The second-order valence-electron chi connectivity index (χ2n) is 6.24. The van der Waals surface area contributed by atoms with Crippen molar-refractivity contribution in [1.82, 2.24) is 15.0 Å². The average Bonchev–Trinajstić information content (AvgIpc) is 3.51. The fraction of sp³-hybridized carbons (Fsp3) is 0.167. The maximum absolute atomic E-state index is 10.7. The molecule has 1 aliphatic rings. The van der Waals surface area contributed by atoms with Gasteiger partial charge in [-0.05, 0) is 49.2 Å². The number of nitrogens with zero attached hydrogens (tertiary/aromatic N) is 4. The summed E-state index contributed by atoms with van der Waals surface area (Å²) in [5.74, 6) is 1.16. The summed E-state index contributed by atoms with van der Waals surface area (Å²) in [7, 11) is -2.22. The number of pyridine rings is 1. The lowest BCUT2D eigenvalue weighted by Gasteiger charge is -2.13. The molecule has 2 heterocycles. The molecule has 28 heavy (non-hydrogen) atoms. The van der Waals surface area contributed by atoms with Gasteiger partial charge in [-0.1, -0.05) is 10.9 Å². The van der Waals surface area contributed by atoms with Gasteiger partial charge < -0.3 is 18.4 Å². The fourth-order valence-electron chi connectivity index (χ4n) is 2.48. The van der Waals surface area contributed by atoms with E-state index in [9.17, 15) is 4.21 Å². The van der Waals surface area contributed by atoms with E-state index in [-0.39, 0.29) is 0 Å². The zero-order valence-electron chi connectivity index (χ0n) is 14.7. The SMILES string of the molecule is O=[S-](O)=Nc1ccc(NNc2cc(-c3cccnc3)nc(NC3CC3)n2)cc1. The standard InChI is InChI=1S/C18H18N7O2S/c26-28(27)25-15-7-5-14(6-8-15)23-24-17-10-16(12-2-1-9-19-11-12)21-18(22-17)20-13-3-4-13/h1-2,5-11,13,23H,3-4H2,(H,25,26,27)(H2,20,21,22,24)/q-1. The molecule has 9 nitrogen and oxygen atoms in total. The predicted octanol–water partition coefficient (Wildman–Crippen LogP) is 3.80. The molecule has 0 aliphatic heterocycles. The molecule has 1 fully saturated rings. The molecule has 0 spiro atoms. The molecule has 0 saturated heterocycles. The van der Waals surface area contributed by atoms with E-state index in [1.807, 2.05) is 18.2 Å². The van der Waals surface area contributed by atoms with Crippen molar-refractivity contribution in [3.8, 4) is 11.3 Å². The van der Waals surface area contributed by atoms with Crippen LogP contribution in [-0.4, -0.2) is 25.5 Å². The number of anilines is 3. The van der Waals surface area contributed by atoms with Crippen LogP contribution in [0.4, 0.5) is 23.1 Å². The molecule has 4 rings (SSSR count). The first-order valence-electron chi connectivity index (χ1n) is 8.66. The molecule has 2 aromatic heterocycles. The first-order chi connectivity index (χ1) is 13.7. The highest BCUT2D eigenvalue weighted by Gasteiger charge is 2.22. The Morgan fingerprint density at radius 3 is 2.61 bits per heavy atom. The zero-order valence-corrected chi connectivity index (χ0v) is 15.6. The number of hydrogen-bond donors (Lipinski definition) is 4. The summed E-state index contributed by atoms with van der Waals surface area (Å²) in [5.41, 5.74) is 8.94. The van der Waals surface area contributed by atoms with Gasteiger partial charge in [0.05, 0.1) is 11.4 Å². The minimum atomic E-state index is -2.22. The van der Waals surface area contributed by atoms with Crippen LogP contribution in [0.3, 0.4) is 0 Å². The van der Waals surface area contributed by atoms with Crippen molar-refractivity contribution < 1.29 is 8.76 Å². The molecule has 10 heteroatoms. The Morgan fingerprint density at radius 2 is 1.93 bits per heavy atom.